The van der Waals surface area contributed by atoms with E-state index in [4.69, 9.17) is 11.6 Å². The Morgan fingerprint density at radius 3 is 2.89 bits per heavy atom. The molecule has 1 aromatic carbocycles. The molecule has 0 aliphatic carbocycles. The molecule has 2 aromatic rings. The molecule has 2 aliphatic heterocycles. The Hall–Kier alpha value is -1.71. The molecule has 1 saturated heterocycles. The minimum atomic E-state index is -3.73. The summed E-state index contributed by atoms with van der Waals surface area (Å²) in [6, 6.07) is 8.72. The molecule has 6 nitrogen and oxygen atoms in total. The summed E-state index contributed by atoms with van der Waals surface area (Å²) in [7, 11) is -3.73. The van der Waals surface area contributed by atoms with Gasteiger partial charge in [0.1, 0.15) is 6.04 Å². The van der Waals surface area contributed by atoms with Crippen molar-refractivity contribution in [3.63, 3.8) is 0 Å². The summed E-state index contributed by atoms with van der Waals surface area (Å²) < 4.78 is 27.8. The van der Waals surface area contributed by atoms with Gasteiger partial charge in [-0.05, 0) is 60.9 Å². The van der Waals surface area contributed by atoms with Crippen LogP contribution in [0.15, 0.2) is 35.7 Å². The normalized spacial score (nSPS) is 20.1. The third-order valence-corrected chi connectivity index (χ3v) is 7.21. The zero-order valence-corrected chi connectivity index (χ0v) is 17.4. The van der Waals surface area contributed by atoms with Crippen LogP contribution in [0.25, 0.3) is 6.08 Å². The molecule has 0 bridgehead atoms. The first-order valence-corrected chi connectivity index (χ1v) is 11.7. The van der Waals surface area contributed by atoms with Crippen LogP contribution in [-0.2, 0) is 27.8 Å². The maximum absolute atomic E-state index is 12.8. The number of carbonyl (C=O) groups is 1. The maximum Gasteiger partial charge on any atom is 0.245 e. The van der Waals surface area contributed by atoms with Crippen LogP contribution >= 0.6 is 22.9 Å². The van der Waals surface area contributed by atoms with E-state index in [1.807, 2.05) is 18.2 Å². The molecule has 28 heavy (non-hydrogen) atoms. The zero-order valence-electron chi connectivity index (χ0n) is 15.0. The van der Waals surface area contributed by atoms with Crippen molar-refractivity contribution in [2.24, 2.45) is 0 Å². The molecule has 9 heteroatoms. The van der Waals surface area contributed by atoms with E-state index in [2.05, 4.69) is 10.0 Å². The number of thiophene rings is 1. The monoisotopic (exact) mass is 437 g/mol. The highest BCUT2D eigenvalue weighted by Gasteiger charge is 2.35. The van der Waals surface area contributed by atoms with Crippen molar-refractivity contribution in [3.05, 3.63) is 56.1 Å². The first-order chi connectivity index (χ1) is 13.4. The van der Waals surface area contributed by atoms with Gasteiger partial charge in [0.25, 0.3) is 0 Å². The van der Waals surface area contributed by atoms with Crippen molar-refractivity contribution in [1.82, 2.24) is 10.0 Å². The number of hydrogen-bond donors (Lipinski definition) is 2. The Kier molecular flexibility index (Phi) is 5.57. The lowest BCUT2D eigenvalue weighted by atomic mass is 10.0. The minimum Gasteiger partial charge on any atom is -0.312 e. The standard InChI is InChI=1S/C19H20ClN3O3S2/c20-18-4-3-16(27-18)7-10-28(25,26)22-17-6-9-23(19(17)24)15-2-1-14-12-21-8-5-13(14)11-15/h1-4,7,10-11,17,21-22H,5-6,8-9,12H2/t17-/m0/s1. The van der Waals surface area contributed by atoms with Gasteiger partial charge in [-0.15, -0.1) is 11.3 Å². The second kappa shape index (κ2) is 7.96. The summed E-state index contributed by atoms with van der Waals surface area (Å²) in [5.74, 6) is -0.218. The molecule has 1 atom stereocenters. The number of carbonyl (C=O) groups excluding carboxylic acids is 1. The fourth-order valence-corrected chi connectivity index (χ4v) is 5.56. The number of rotatable bonds is 5. The van der Waals surface area contributed by atoms with Crippen LogP contribution in [-0.4, -0.2) is 33.5 Å². The molecule has 0 saturated carbocycles. The largest absolute Gasteiger partial charge is 0.312 e. The number of nitrogens with zero attached hydrogens (tertiary/aromatic N) is 1. The van der Waals surface area contributed by atoms with E-state index in [0.717, 1.165) is 35.5 Å². The molecule has 3 heterocycles. The number of halogens is 1. The van der Waals surface area contributed by atoms with Crippen LogP contribution in [0, 0.1) is 0 Å². The highest BCUT2D eigenvalue weighted by molar-refractivity contribution is 7.92. The zero-order chi connectivity index (χ0) is 19.7. The van der Waals surface area contributed by atoms with Gasteiger partial charge in [-0.3, -0.25) is 4.79 Å². The van der Waals surface area contributed by atoms with Crippen LogP contribution in [0.5, 0.6) is 0 Å². The molecule has 1 fully saturated rings. The highest BCUT2D eigenvalue weighted by atomic mass is 35.5. The number of sulfonamides is 1. The molecular formula is C19H20ClN3O3S2. The third-order valence-electron chi connectivity index (χ3n) is 4.91. The van der Waals surface area contributed by atoms with Crippen molar-refractivity contribution in [2.45, 2.75) is 25.4 Å². The van der Waals surface area contributed by atoms with Gasteiger partial charge in [-0.2, -0.15) is 4.72 Å². The molecule has 1 amide bonds. The van der Waals surface area contributed by atoms with Crippen LogP contribution in [0.4, 0.5) is 5.69 Å². The Bertz CT molecular complexity index is 1030. The van der Waals surface area contributed by atoms with Gasteiger partial charge in [0, 0.05) is 29.1 Å². The van der Waals surface area contributed by atoms with E-state index in [1.165, 1.54) is 28.5 Å². The number of amides is 1. The Morgan fingerprint density at radius 1 is 1.25 bits per heavy atom. The summed E-state index contributed by atoms with van der Waals surface area (Å²) in [5.41, 5.74) is 3.32. The summed E-state index contributed by atoms with van der Waals surface area (Å²) >= 11 is 7.14. The second-order valence-corrected chi connectivity index (χ2v) is 10.2. The second-order valence-electron chi connectivity index (χ2n) is 6.82. The smallest absolute Gasteiger partial charge is 0.245 e. The predicted molar refractivity (Wildman–Crippen MR) is 113 cm³/mol. The fourth-order valence-electron chi connectivity index (χ4n) is 3.49. The lowest BCUT2D eigenvalue weighted by Crippen LogP contribution is -2.40. The first kappa shape index (κ1) is 19.6. The number of nitrogens with one attached hydrogen (secondary N) is 2. The van der Waals surface area contributed by atoms with Gasteiger partial charge < -0.3 is 10.2 Å². The van der Waals surface area contributed by atoms with E-state index < -0.39 is 16.1 Å². The van der Waals surface area contributed by atoms with Gasteiger partial charge in [0.15, 0.2) is 0 Å². The maximum atomic E-state index is 12.8. The minimum absolute atomic E-state index is 0.218. The fraction of sp³-hybridized carbons (Fsp3) is 0.316. The quantitative estimate of drug-likeness (QED) is 0.753. The number of fused-ring (bicyclic) bond motifs is 1. The average molecular weight is 438 g/mol. The van der Waals surface area contributed by atoms with Gasteiger partial charge >= 0.3 is 0 Å². The van der Waals surface area contributed by atoms with Crippen molar-refractivity contribution >= 4 is 50.6 Å². The van der Waals surface area contributed by atoms with Gasteiger partial charge in [-0.25, -0.2) is 8.42 Å². The van der Waals surface area contributed by atoms with Crippen molar-refractivity contribution in [1.29, 1.82) is 0 Å². The molecule has 148 valence electrons. The molecule has 0 spiro atoms. The lowest BCUT2D eigenvalue weighted by molar-refractivity contribution is -0.118. The topological polar surface area (TPSA) is 78.5 Å². The Labute approximate surface area is 173 Å². The SMILES string of the molecule is O=C1[C@@H](NS(=O)(=O)C=Cc2ccc(Cl)s2)CCN1c1ccc2c(c1)CCNC2. The summed E-state index contributed by atoms with van der Waals surface area (Å²) in [4.78, 5) is 15.2. The summed E-state index contributed by atoms with van der Waals surface area (Å²) in [6.07, 6.45) is 2.85. The van der Waals surface area contributed by atoms with E-state index in [9.17, 15) is 13.2 Å². The van der Waals surface area contributed by atoms with Gasteiger partial charge in [0.2, 0.25) is 15.9 Å². The molecule has 0 unspecified atom stereocenters. The molecule has 4 rings (SSSR count). The first-order valence-electron chi connectivity index (χ1n) is 9.01. The van der Waals surface area contributed by atoms with E-state index in [1.54, 1.807) is 17.0 Å². The Morgan fingerprint density at radius 2 is 2.11 bits per heavy atom. The number of hydrogen-bond acceptors (Lipinski definition) is 5. The molecule has 0 radical (unpaired) electrons. The van der Waals surface area contributed by atoms with Crippen molar-refractivity contribution < 1.29 is 13.2 Å². The van der Waals surface area contributed by atoms with E-state index >= 15 is 0 Å². The lowest BCUT2D eigenvalue weighted by Gasteiger charge is -2.22. The predicted octanol–water partition coefficient (Wildman–Crippen LogP) is 2.74. The Balaban J connectivity index is 1.44. The van der Waals surface area contributed by atoms with Crippen LogP contribution < -0.4 is 14.9 Å². The summed E-state index contributed by atoms with van der Waals surface area (Å²) in [5, 5.41) is 4.41. The average Bonchev–Trinajstić information content (AvgIpc) is 3.25. The number of anilines is 1. The van der Waals surface area contributed by atoms with Crippen LogP contribution in [0.1, 0.15) is 22.4 Å². The molecule has 2 aliphatic rings. The van der Waals surface area contributed by atoms with Gasteiger partial charge in [-0.1, -0.05) is 17.7 Å². The highest BCUT2D eigenvalue weighted by Crippen LogP contribution is 2.27. The number of benzene rings is 1. The summed E-state index contributed by atoms with van der Waals surface area (Å²) in [6.45, 7) is 2.26. The van der Waals surface area contributed by atoms with Crippen LogP contribution in [0.2, 0.25) is 4.34 Å². The van der Waals surface area contributed by atoms with Gasteiger partial charge in [0.05, 0.1) is 4.34 Å². The van der Waals surface area contributed by atoms with Crippen molar-refractivity contribution in [3.8, 4) is 0 Å². The van der Waals surface area contributed by atoms with Crippen LogP contribution in [0.3, 0.4) is 0 Å². The van der Waals surface area contributed by atoms with Crippen molar-refractivity contribution in [2.75, 3.05) is 18.0 Å². The molecular weight excluding hydrogens is 418 g/mol. The van der Waals surface area contributed by atoms with E-state index in [-0.39, 0.29) is 5.91 Å². The molecule has 1 aromatic heterocycles. The van der Waals surface area contributed by atoms with E-state index in [0.29, 0.717) is 17.3 Å². The molecule has 2 N–H and O–H groups in total. The third kappa shape index (κ3) is 4.31.